The monoisotopic (exact) mass is 165 g/mol. The van der Waals surface area contributed by atoms with Crippen LogP contribution in [0.5, 0.6) is 0 Å². The summed E-state index contributed by atoms with van der Waals surface area (Å²) in [5, 5.41) is 3.41. The van der Waals surface area contributed by atoms with E-state index in [1.54, 1.807) is 0 Å². The van der Waals surface area contributed by atoms with E-state index < -0.39 is 0 Å². The first kappa shape index (κ1) is 9.61. The van der Waals surface area contributed by atoms with Crippen LogP contribution in [0.4, 0.5) is 0 Å². The number of hydrogen-bond donors (Lipinski definition) is 1. The molecule has 1 aliphatic carbocycles. The standard InChI is InChI=1S/C11H19N/c1-3-4-8-12-10(2)9-11-6-5-7-11/h10-12H,5-9H2,1-2H3. The summed E-state index contributed by atoms with van der Waals surface area (Å²) in [4.78, 5) is 0. The predicted octanol–water partition coefficient (Wildman–Crippen LogP) is 2.18. The molecule has 1 unspecified atom stereocenters. The van der Waals surface area contributed by atoms with E-state index in [0.717, 1.165) is 12.5 Å². The van der Waals surface area contributed by atoms with Crippen LogP contribution >= 0.6 is 0 Å². The minimum atomic E-state index is 0.649. The van der Waals surface area contributed by atoms with Gasteiger partial charge in [0.05, 0.1) is 6.54 Å². The Morgan fingerprint density at radius 3 is 2.75 bits per heavy atom. The average Bonchev–Trinajstić information content (AvgIpc) is 1.98. The Bertz CT molecular complexity index is 171. The van der Waals surface area contributed by atoms with Gasteiger partial charge in [0.2, 0.25) is 0 Å². The van der Waals surface area contributed by atoms with Gasteiger partial charge >= 0.3 is 0 Å². The van der Waals surface area contributed by atoms with Crippen molar-refractivity contribution in [2.45, 2.75) is 45.6 Å². The molecule has 0 amide bonds. The molecule has 0 aliphatic heterocycles. The first-order valence-electron chi connectivity index (χ1n) is 4.96. The molecular weight excluding hydrogens is 146 g/mol. The second kappa shape index (κ2) is 5.22. The summed E-state index contributed by atoms with van der Waals surface area (Å²) in [5.41, 5.74) is 0. The molecule has 1 nitrogen and oxygen atoms in total. The zero-order valence-electron chi connectivity index (χ0n) is 8.19. The Balaban J connectivity index is 2.01. The van der Waals surface area contributed by atoms with Crippen molar-refractivity contribution in [2.24, 2.45) is 5.92 Å². The number of hydrogen-bond acceptors (Lipinski definition) is 1. The van der Waals surface area contributed by atoms with E-state index in [1.807, 2.05) is 6.92 Å². The van der Waals surface area contributed by atoms with Crippen LogP contribution in [0.3, 0.4) is 0 Å². The number of rotatable bonds is 4. The summed E-state index contributed by atoms with van der Waals surface area (Å²) in [6.45, 7) is 5.00. The van der Waals surface area contributed by atoms with E-state index in [9.17, 15) is 0 Å². The molecule has 1 N–H and O–H groups in total. The zero-order chi connectivity index (χ0) is 8.81. The summed E-state index contributed by atoms with van der Waals surface area (Å²) < 4.78 is 0. The molecule has 1 rings (SSSR count). The Kier molecular flexibility index (Phi) is 4.18. The van der Waals surface area contributed by atoms with Crippen molar-refractivity contribution in [1.82, 2.24) is 5.32 Å². The third-order valence-corrected chi connectivity index (χ3v) is 2.63. The molecule has 0 aromatic carbocycles. The van der Waals surface area contributed by atoms with Gasteiger partial charge in [-0.1, -0.05) is 25.2 Å². The van der Waals surface area contributed by atoms with Crippen molar-refractivity contribution < 1.29 is 0 Å². The molecule has 1 aliphatic rings. The van der Waals surface area contributed by atoms with Crippen LogP contribution in [0.15, 0.2) is 0 Å². The van der Waals surface area contributed by atoms with Crippen molar-refractivity contribution in [2.75, 3.05) is 6.54 Å². The maximum atomic E-state index is 3.41. The molecule has 0 aromatic rings. The van der Waals surface area contributed by atoms with Gasteiger partial charge in [-0.2, -0.15) is 0 Å². The molecular formula is C11H19N. The fraction of sp³-hybridized carbons (Fsp3) is 0.818. The minimum absolute atomic E-state index is 0.649. The molecule has 12 heavy (non-hydrogen) atoms. The highest BCUT2D eigenvalue weighted by Gasteiger charge is 2.19. The lowest BCUT2D eigenvalue weighted by Crippen LogP contribution is -2.30. The van der Waals surface area contributed by atoms with E-state index in [0.29, 0.717) is 6.04 Å². The second-order valence-corrected chi connectivity index (χ2v) is 3.74. The molecule has 0 heterocycles. The third-order valence-electron chi connectivity index (χ3n) is 2.63. The largest absolute Gasteiger partial charge is 0.304 e. The van der Waals surface area contributed by atoms with Gasteiger partial charge in [0.25, 0.3) is 0 Å². The van der Waals surface area contributed by atoms with E-state index in [-0.39, 0.29) is 0 Å². The van der Waals surface area contributed by atoms with E-state index in [1.165, 1.54) is 25.7 Å². The van der Waals surface area contributed by atoms with Crippen LogP contribution in [0.2, 0.25) is 0 Å². The first-order valence-corrected chi connectivity index (χ1v) is 4.96. The summed E-state index contributed by atoms with van der Waals surface area (Å²) >= 11 is 0. The highest BCUT2D eigenvalue weighted by molar-refractivity contribution is 4.97. The highest BCUT2D eigenvalue weighted by Crippen LogP contribution is 2.30. The van der Waals surface area contributed by atoms with E-state index >= 15 is 0 Å². The quantitative estimate of drug-likeness (QED) is 0.630. The summed E-state index contributed by atoms with van der Waals surface area (Å²) in [6, 6.07) is 0.649. The van der Waals surface area contributed by atoms with Crippen LogP contribution in [-0.2, 0) is 0 Å². The SMILES string of the molecule is CC#CCNC(C)CC1CCC1. The normalized spacial score (nSPS) is 19.2. The molecule has 1 fully saturated rings. The fourth-order valence-electron chi connectivity index (χ4n) is 1.63. The van der Waals surface area contributed by atoms with Crippen LogP contribution < -0.4 is 5.32 Å². The average molecular weight is 165 g/mol. The third kappa shape index (κ3) is 3.28. The number of nitrogens with one attached hydrogen (secondary N) is 1. The Morgan fingerprint density at radius 2 is 2.25 bits per heavy atom. The van der Waals surface area contributed by atoms with Gasteiger partial charge in [0.15, 0.2) is 0 Å². The lowest BCUT2D eigenvalue weighted by Gasteiger charge is -2.28. The smallest absolute Gasteiger partial charge is 0.0578 e. The van der Waals surface area contributed by atoms with Crippen molar-refractivity contribution in [3.05, 3.63) is 0 Å². The van der Waals surface area contributed by atoms with Crippen LogP contribution in [-0.4, -0.2) is 12.6 Å². The van der Waals surface area contributed by atoms with Crippen molar-refractivity contribution in [1.29, 1.82) is 0 Å². The van der Waals surface area contributed by atoms with Crippen molar-refractivity contribution >= 4 is 0 Å². The molecule has 1 saturated carbocycles. The summed E-state index contributed by atoms with van der Waals surface area (Å²) in [6.07, 6.45) is 5.69. The molecule has 0 spiro atoms. The lowest BCUT2D eigenvalue weighted by atomic mass is 9.81. The molecule has 0 radical (unpaired) electrons. The lowest BCUT2D eigenvalue weighted by molar-refractivity contribution is 0.269. The van der Waals surface area contributed by atoms with Gasteiger partial charge in [0.1, 0.15) is 0 Å². The molecule has 0 aromatic heterocycles. The van der Waals surface area contributed by atoms with Crippen LogP contribution in [0.1, 0.15) is 39.5 Å². The first-order chi connectivity index (χ1) is 5.83. The van der Waals surface area contributed by atoms with E-state index in [4.69, 9.17) is 0 Å². The van der Waals surface area contributed by atoms with Gasteiger partial charge in [-0.25, -0.2) is 0 Å². The molecule has 68 valence electrons. The Labute approximate surface area is 75.9 Å². The van der Waals surface area contributed by atoms with Crippen molar-refractivity contribution in [3.8, 4) is 11.8 Å². The van der Waals surface area contributed by atoms with E-state index in [2.05, 4.69) is 24.1 Å². The Hall–Kier alpha value is -0.480. The maximum Gasteiger partial charge on any atom is 0.0578 e. The fourth-order valence-corrected chi connectivity index (χ4v) is 1.63. The topological polar surface area (TPSA) is 12.0 Å². The molecule has 1 heteroatoms. The van der Waals surface area contributed by atoms with Crippen molar-refractivity contribution in [3.63, 3.8) is 0 Å². The van der Waals surface area contributed by atoms with Gasteiger partial charge in [0, 0.05) is 6.04 Å². The maximum absolute atomic E-state index is 3.41. The Morgan fingerprint density at radius 1 is 1.50 bits per heavy atom. The van der Waals surface area contributed by atoms with Gasteiger partial charge in [-0.15, -0.1) is 5.92 Å². The minimum Gasteiger partial charge on any atom is -0.304 e. The summed E-state index contributed by atoms with van der Waals surface area (Å²) in [5.74, 6) is 6.92. The summed E-state index contributed by atoms with van der Waals surface area (Å²) in [7, 11) is 0. The van der Waals surface area contributed by atoms with Gasteiger partial charge < -0.3 is 5.32 Å². The molecule has 1 atom stereocenters. The highest BCUT2D eigenvalue weighted by atomic mass is 14.9. The van der Waals surface area contributed by atoms with Gasteiger partial charge in [-0.05, 0) is 26.2 Å². The van der Waals surface area contributed by atoms with Gasteiger partial charge in [-0.3, -0.25) is 0 Å². The molecule has 0 bridgehead atoms. The predicted molar refractivity (Wildman–Crippen MR) is 52.9 cm³/mol. The molecule has 0 saturated heterocycles. The zero-order valence-corrected chi connectivity index (χ0v) is 8.19. The van der Waals surface area contributed by atoms with Crippen LogP contribution in [0.25, 0.3) is 0 Å². The van der Waals surface area contributed by atoms with Crippen LogP contribution in [0, 0.1) is 17.8 Å². The second-order valence-electron chi connectivity index (χ2n) is 3.74.